The first-order chi connectivity index (χ1) is 4.73. The van der Waals surface area contributed by atoms with Crippen LogP contribution in [0.2, 0.25) is 0 Å². The summed E-state index contributed by atoms with van der Waals surface area (Å²) in [6.45, 7) is 2.20. The number of fused-ring (bicyclic) bond motifs is 1. The molecule has 2 fully saturated rings. The van der Waals surface area contributed by atoms with Crippen LogP contribution in [-0.2, 0) is 0 Å². The summed E-state index contributed by atoms with van der Waals surface area (Å²) in [5, 5.41) is 10.1. The molecule has 0 unspecified atom stereocenters. The van der Waals surface area contributed by atoms with E-state index in [1.165, 1.54) is 25.7 Å². The molecule has 0 aliphatic heterocycles. The Hall–Kier alpha value is -0.0400. The van der Waals surface area contributed by atoms with Crippen LogP contribution in [0.1, 0.15) is 39.0 Å². The zero-order chi connectivity index (χ0) is 7.19. The van der Waals surface area contributed by atoms with Gasteiger partial charge in [0.2, 0.25) is 0 Å². The van der Waals surface area contributed by atoms with Crippen molar-refractivity contribution in [2.75, 3.05) is 0 Å². The van der Waals surface area contributed by atoms with Gasteiger partial charge in [0.25, 0.3) is 0 Å². The summed E-state index contributed by atoms with van der Waals surface area (Å²) in [4.78, 5) is 0. The second-order valence-electron chi connectivity index (χ2n) is 4.06. The lowest BCUT2D eigenvalue weighted by Crippen LogP contribution is -2.33. The quantitative estimate of drug-likeness (QED) is 0.545. The Morgan fingerprint density at radius 2 is 2.10 bits per heavy atom. The fraction of sp³-hybridized carbons (Fsp3) is 1.00. The summed E-state index contributed by atoms with van der Waals surface area (Å²) in [7, 11) is 0. The van der Waals surface area contributed by atoms with E-state index >= 15 is 0 Å². The van der Waals surface area contributed by atoms with Crippen LogP contribution < -0.4 is 0 Å². The minimum atomic E-state index is -0.236. The van der Waals surface area contributed by atoms with Crippen molar-refractivity contribution >= 4 is 0 Å². The van der Waals surface area contributed by atoms with Crippen LogP contribution in [0.25, 0.3) is 0 Å². The molecule has 0 aromatic rings. The van der Waals surface area contributed by atoms with Crippen molar-refractivity contribution in [3.05, 3.63) is 0 Å². The summed E-state index contributed by atoms with van der Waals surface area (Å²) in [5.74, 6) is 1.22. The number of hydrogen-bond acceptors (Lipinski definition) is 1. The van der Waals surface area contributed by atoms with E-state index in [2.05, 4.69) is 6.92 Å². The normalized spacial score (nSPS) is 53.4. The molecule has 1 N–H and O–H groups in total. The van der Waals surface area contributed by atoms with Crippen LogP contribution in [0, 0.1) is 11.8 Å². The minimum absolute atomic E-state index is 0.236. The molecule has 1 heteroatoms. The van der Waals surface area contributed by atoms with E-state index < -0.39 is 0 Å². The molecular weight excluding hydrogens is 124 g/mol. The Balaban J connectivity index is 2.21. The topological polar surface area (TPSA) is 20.2 Å². The summed E-state index contributed by atoms with van der Waals surface area (Å²) >= 11 is 0. The predicted octanol–water partition coefficient (Wildman–Crippen LogP) is 1.95. The highest BCUT2D eigenvalue weighted by atomic mass is 16.3. The second-order valence-corrected chi connectivity index (χ2v) is 4.06. The largest absolute Gasteiger partial charge is 0.389 e. The molecule has 10 heavy (non-hydrogen) atoms. The first-order valence-corrected chi connectivity index (χ1v) is 4.46. The molecule has 3 atom stereocenters. The molecule has 0 spiro atoms. The van der Waals surface area contributed by atoms with Crippen LogP contribution in [0.3, 0.4) is 0 Å². The standard InChI is InChI=1S/C9H16O/c1-7-4-5-8-3-2-6-9(7,8)10/h7-8,10H,2-6H2,1H3/t7-,8-,9-/m0/s1. The fourth-order valence-corrected chi connectivity index (χ4v) is 2.83. The first-order valence-electron chi connectivity index (χ1n) is 4.46. The lowest BCUT2D eigenvalue weighted by molar-refractivity contribution is -0.0120. The predicted molar refractivity (Wildman–Crippen MR) is 40.7 cm³/mol. The number of rotatable bonds is 0. The number of aliphatic hydroxyl groups is 1. The molecule has 0 aromatic carbocycles. The van der Waals surface area contributed by atoms with Crippen molar-refractivity contribution in [3.8, 4) is 0 Å². The highest BCUT2D eigenvalue weighted by molar-refractivity contribution is 5.00. The van der Waals surface area contributed by atoms with Gasteiger partial charge in [0.1, 0.15) is 0 Å². The van der Waals surface area contributed by atoms with Gasteiger partial charge in [-0.2, -0.15) is 0 Å². The Bertz CT molecular complexity index is 144. The van der Waals surface area contributed by atoms with E-state index in [0.29, 0.717) is 11.8 Å². The van der Waals surface area contributed by atoms with Crippen molar-refractivity contribution in [3.63, 3.8) is 0 Å². The Morgan fingerprint density at radius 1 is 1.30 bits per heavy atom. The minimum Gasteiger partial charge on any atom is -0.389 e. The molecule has 0 heterocycles. The molecule has 2 saturated carbocycles. The molecule has 58 valence electrons. The Morgan fingerprint density at radius 3 is 2.80 bits per heavy atom. The molecular formula is C9H16O. The second kappa shape index (κ2) is 1.97. The fourth-order valence-electron chi connectivity index (χ4n) is 2.83. The third-order valence-electron chi connectivity index (χ3n) is 3.64. The van der Waals surface area contributed by atoms with Gasteiger partial charge in [-0.1, -0.05) is 13.3 Å². The van der Waals surface area contributed by atoms with Gasteiger partial charge >= 0.3 is 0 Å². The zero-order valence-electron chi connectivity index (χ0n) is 6.64. The van der Waals surface area contributed by atoms with Crippen molar-refractivity contribution in [1.82, 2.24) is 0 Å². The van der Waals surface area contributed by atoms with E-state index in [1.54, 1.807) is 0 Å². The average Bonchev–Trinajstić information content (AvgIpc) is 2.36. The lowest BCUT2D eigenvalue weighted by Gasteiger charge is -2.27. The highest BCUT2D eigenvalue weighted by Crippen LogP contribution is 2.50. The maximum Gasteiger partial charge on any atom is 0.0701 e. The SMILES string of the molecule is C[C@H]1CC[C@@H]2CCC[C@@]21O. The third kappa shape index (κ3) is 0.672. The zero-order valence-corrected chi connectivity index (χ0v) is 6.64. The van der Waals surface area contributed by atoms with Gasteiger partial charge < -0.3 is 5.11 Å². The van der Waals surface area contributed by atoms with E-state index in [0.717, 1.165) is 6.42 Å². The molecule has 0 bridgehead atoms. The van der Waals surface area contributed by atoms with E-state index in [4.69, 9.17) is 0 Å². The Labute approximate surface area is 62.4 Å². The van der Waals surface area contributed by atoms with Gasteiger partial charge in [-0.3, -0.25) is 0 Å². The van der Waals surface area contributed by atoms with Gasteiger partial charge in [-0.25, -0.2) is 0 Å². The Kier molecular flexibility index (Phi) is 1.31. The summed E-state index contributed by atoms with van der Waals surface area (Å²) in [6, 6.07) is 0. The maximum atomic E-state index is 10.1. The molecule has 0 aromatic heterocycles. The molecule has 2 rings (SSSR count). The van der Waals surface area contributed by atoms with Crippen LogP contribution in [0.15, 0.2) is 0 Å². The first kappa shape index (κ1) is 6.66. The lowest BCUT2D eigenvalue weighted by atomic mass is 9.88. The molecule has 0 saturated heterocycles. The smallest absolute Gasteiger partial charge is 0.0701 e. The van der Waals surface area contributed by atoms with Crippen molar-refractivity contribution in [2.45, 2.75) is 44.6 Å². The highest BCUT2D eigenvalue weighted by Gasteiger charge is 2.49. The van der Waals surface area contributed by atoms with Crippen molar-refractivity contribution in [1.29, 1.82) is 0 Å². The average molecular weight is 140 g/mol. The molecule has 0 radical (unpaired) electrons. The van der Waals surface area contributed by atoms with Crippen molar-refractivity contribution in [2.24, 2.45) is 11.8 Å². The summed E-state index contributed by atoms with van der Waals surface area (Å²) in [5.41, 5.74) is -0.236. The molecule has 0 amide bonds. The van der Waals surface area contributed by atoms with E-state index in [-0.39, 0.29) is 5.60 Å². The maximum absolute atomic E-state index is 10.1. The van der Waals surface area contributed by atoms with E-state index in [9.17, 15) is 5.11 Å². The molecule has 1 nitrogen and oxygen atoms in total. The van der Waals surface area contributed by atoms with Crippen LogP contribution in [0.5, 0.6) is 0 Å². The van der Waals surface area contributed by atoms with Gasteiger partial charge in [-0.05, 0) is 37.5 Å². The summed E-state index contributed by atoms with van der Waals surface area (Å²) < 4.78 is 0. The van der Waals surface area contributed by atoms with Crippen LogP contribution in [0.4, 0.5) is 0 Å². The van der Waals surface area contributed by atoms with E-state index in [1.807, 2.05) is 0 Å². The molecule has 2 aliphatic carbocycles. The van der Waals surface area contributed by atoms with Gasteiger partial charge in [0.15, 0.2) is 0 Å². The van der Waals surface area contributed by atoms with Gasteiger partial charge in [0, 0.05) is 0 Å². The summed E-state index contributed by atoms with van der Waals surface area (Å²) in [6.07, 6.45) is 6.13. The van der Waals surface area contributed by atoms with Gasteiger partial charge in [-0.15, -0.1) is 0 Å². The van der Waals surface area contributed by atoms with Gasteiger partial charge in [0.05, 0.1) is 5.60 Å². The van der Waals surface area contributed by atoms with Crippen LogP contribution >= 0.6 is 0 Å². The monoisotopic (exact) mass is 140 g/mol. The van der Waals surface area contributed by atoms with Crippen molar-refractivity contribution < 1.29 is 5.11 Å². The van der Waals surface area contributed by atoms with Crippen LogP contribution in [-0.4, -0.2) is 10.7 Å². The number of hydrogen-bond donors (Lipinski definition) is 1. The molecule has 2 aliphatic rings. The third-order valence-corrected chi connectivity index (χ3v) is 3.64.